The van der Waals surface area contributed by atoms with E-state index in [9.17, 15) is 9.59 Å². The lowest BCUT2D eigenvalue weighted by Gasteiger charge is -2.33. The maximum absolute atomic E-state index is 14.4. The fourth-order valence-corrected chi connectivity index (χ4v) is 5.03. The summed E-state index contributed by atoms with van der Waals surface area (Å²) in [6.07, 6.45) is 0. The van der Waals surface area contributed by atoms with Crippen LogP contribution in [0, 0.1) is 13.8 Å². The number of rotatable bonds is 10. The Morgan fingerprint density at radius 1 is 0.878 bits per heavy atom. The summed E-state index contributed by atoms with van der Waals surface area (Å²) in [6, 6.07) is 29.4. The van der Waals surface area contributed by atoms with Gasteiger partial charge in [-0.05, 0) is 67.3 Å². The van der Waals surface area contributed by atoms with Gasteiger partial charge in [0.2, 0.25) is 11.8 Å². The molecule has 1 N–H and O–H groups in total. The highest BCUT2D eigenvalue weighted by atomic mass is 16.5. The Morgan fingerprint density at radius 2 is 1.56 bits per heavy atom. The lowest BCUT2D eigenvalue weighted by atomic mass is 9.99. The number of aromatic nitrogens is 3. The van der Waals surface area contributed by atoms with E-state index in [1.54, 1.807) is 9.58 Å². The molecule has 5 rings (SSSR count). The zero-order valence-electron chi connectivity index (χ0n) is 23.4. The van der Waals surface area contributed by atoms with E-state index in [4.69, 9.17) is 4.74 Å². The van der Waals surface area contributed by atoms with Crippen molar-refractivity contribution in [1.29, 1.82) is 0 Å². The minimum atomic E-state index is -0.948. The number of anilines is 1. The van der Waals surface area contributed by atoms with E-state index in [2.05, 4.69) is 15.6 Å². The molecule has 4 aromatic carbocycles. The van der Waals surface area contributed by atoms with Gasteiger partial charge in [-0.2, -0.15) is 0 Å². The number of fused-ring (bicyclic) bond motifs is 1. The highest BCUT2D eigenvalue weighted by Gasteiger charge is 2.35. The second-order valence-electron chi connectivity index (χ2n) is 9.85. The molecule has 8 nitrogen and oxygen atoms in total. The Hall–Kier alpha value is -4.98. The predicted octanol–water partition coefficient (Wildman–Crippen LogP) is 5.54. The van der Waals surface area contributed by atoms with Crippen LogP contribution in [-0.4, -0.2) is 33.4 Å². The molecule has 0 aliphatic carbocycles. The molecule has 0 aliphatic heterocycles. The van der Waals surface area contributed by atoms with E-state index in [1.807, 2.05) is 118 Å². The van der Waals surface area contributed by atoms with Crippen LogP contribution >= 0.6 is 0 Å². The van der Waals surface area contributed by atoms with Gasteiger partial charge >= 0.3 is 0 Å². The van der Waals surface area contributed by atoms with E-state index in [-0.39, 0.29) is 18.4 Å². The molecule has 8 heteroatoms. The number of hydrogen-bond donors (Lipinski definition) is 1. The SMILES string of the molecule is CCOc1ccc(C(C(=O)NCc2ccccc2)N(C(=O)Cn2nnc3ccccc32)c2c(C)cccc2C)cc1. The normalized spacial score (nSPS) is 11.7. The fraction of sp³-hybridized carbons (Fsp3) is 0.212. The van der Waals surface area contributed by atoms with E-state index >= 15 is 0 Å². The third-order valence-corrected chi connectivity index (χ3v) is 6.98. The van der Waals surface area contributed by atoms with Crippen molar-refractivity contribution in [2.75, 3.05) is 11.5 Å². The zero-order valence-corrected chi connectivity index (χ0v) is 23.4. The smallest absolute Gasteiger partial charge is 0.249 e. The molecule has 1 heterocycles. The summed E-state index contributed by atoms with van der Waals surface area (Å²) in [5.41, 5.74) is 5.53. The molecule has 0 bridgehead atoms. The van der Waals surface area contributed by atoms with E-state index < -0.39 is 6.04 Å². The van der Waals surface area contributed by atoms with Crippen LogP contribution in [0.1, 0.15) is 35.2 Å². The van der Waals surface area contributed by atoms with Crippen LogP contribution < -0.4 is 15.0 Å². The summed E-state index contributed by atoms with van der Waals surface area (Å²) >= 11 is 0. The third-order valence-electron chi connectivity index (χ3n) is 6.98. The van der Waals surface area contributed by atoms with Crippen molar-refractivity contribution >= 4 is 28.5 Å². The number of nitrogens with zero attached hydrogens (tertiary/aromatic N) is 4. The predicted molar refractivity (Wildman–Crippen MR) is 160 cm³/mol. The Labute approximate surface area is 239 Å². The molecule has 2 amide bonds. The molecule has 1 aromatic heterocycles. The molecule has 0 spiro atoms. The van der Waals surface area contributed by atoms with E-state index in [0.29, 0.717) is 35.7 Å². The van der Waals surface area contributed by atoms with Crippen molar-refractivity contribution in [3.05, 3.63) is 119 Å². The Bertz CT molecular complexity index is 1630. The van der Waals surface area contributed by atoms with Crippen LogP contribution in [0.25, 0.3) is 11.0 Å². The first kappa shape index (κ1) is 27.6. The van der Waals surface area contributed by atoms with Crippen LogP contribution in [0.4, 0.5) is 5.69 Å². The van der Waals surface area contributed by atoms with Crippen LogP contribution in [0.5, 0.6) is 5.75 Å². The molecular formula is C33H33N5O3. The maximum atomic E-state index is 14.4. The molecule has 0 saturated carbocycles. The monoisotopic (exact) mass is 547 g/mol. The summed E-state index contributed by atoms with van der Waals surface area (Å²) in [5, 5.41) is 11.5. The molecule has 0 radical (unpaired) electrons. The number of benzene rings is 4. The van der Waals surface area contributed by atoms with Gasteiger partial charge in [0.15, 0.2) is 0 Å². The van der Waals surface area contributed by atoms with Gasteiger partial charge in [0.1, 0.15) is 23.9 Å². The Kier molecular flexibility index (Phi) is 8.39. The molecule has 0 aliphatic rings. The number of amides is 2. The fourth-order valence-electron chi connectivity index (χ4n) is 5.03. The number of ether oxygens (including phenoxy) is 1. The maximum Gasteiger partial charge on any atom is 0.249 e. The molecular weight excluding hydrogens is 514 g/mol. The highest BCUT2D eigenvalue weighted by Crippen LogP contribution is 2.34. The van der Waals surface area contributed by atoms with Crippen molar-refractivity contribution in [1.82, 2.24) is 20.3 Å². The largest absolute Gasteiger partial charge is 0.494 e. The van der Waals surface area contributed by atoms with Crippen LogP contribution in [-0.2, 0) is 22.7 Å². The molecule has 5 aromatic rings. The van der Waals surface area contributed by atoms with Gasteiger partial charge in [0, 0.05) is 6.54 Å². The lowest BCUT2D eigenvalue weighted by Crippen LogP contribution is -2.45. The molecule has 208 valence electrons. The number of aryl methyl sites for hydroxylation is 2. The Morgan fingerprint density at radius 3 is 2.27 bits per heavy atom. The summed E-state index contributed by atoms with van der Waals surface area (Å²) in [7, 11) is 0. The summed E-state index contributed by atoms with van der Waals surface area (Å²) in [5.74, 6) is 0.114. The van der Waals surface area contributed by atoms with Gasteiger partial charge in [0.05, 0.1) is 17.8 Å². The first-order valence-electron chi connectivity index (χ1n) is 13.7. The minimum Gasteiger partial charge on any atom is -0.494 e. The first-order chi connectivity index (χ1) is 20.0. The highest BCUT2D eigenvalue weighted by molar-refractivity contribution is 6.02. The number of hydrogen-bond acceptors (Lipinski definition) is 5. The summed E-state index contributed by atoms with van der Waals surface area (Å²) in [6.45, 7) is 6.58. The van der Waals surface area contributed by atoms with Gasteiger partial charge in [0.25, 0.3) is 0 Å². The third kappa shape index (κ3) is 6.11. The van der Waals surface area contributed by atoms with Gasteiger partial charge < -0.3 is 10.1 Å². The topological polar surface area (TPSA) is 89.4 Å². The van der Waals surface area contributed by atoms with Crippen molar-refractivity contribution in [2.24, 2.45) is 0 Å². The van der Waals surface area contributed by atoms with Gasteiger partial charge in [-0.1, -0.05) is 78.0 Å². The Balaban J connectivity index is 1.59. The van der Waals surface area contributed by atoms with Crippen molar-refractivity contribution in [3.63, 3.8) is 0 Å². The molecule has 41 heavy (non-hydrogen) atoms. The number of para-hydroxylation sites is 2. The first-order valence-corrected chi connectivity index (χ1v) is 13.7. The van der Waals surface area contributed by atoms with Crippen molar-refractivity contribution < 1.29 is 14.3 Å². The zero-order chi connectivity index (χ0) is 28.8. The van der Waals surface area contributed by atoms with Crippen LogP contribution in [0.2, 0.25) is 0 Å². The average molecular weight is 548 g/mol. The quantitative estimate of drug-likeness (QED) is 0.248. The van der Waals surface area contributed by atoms with Crippen molar-refractivity contribution in [3.8, 4) is 5.75 Å². The van der Waals surface area contributed by atoms with E-state index in [1.165, 1.54) is 0 Å². The number of carbonyl (C=O) groups excluding carboxylic acids is 2. The minimum absolute atomic E-state index is 0.0895. The number of nitrogens with one attached hydrogen (secondary N) is 1. The average Bonchev–Trinajstić information content (AvgIpc) is 3.39. The molecule has 1 atom stereocenters. The summed E-state index contributed by atoms with van der Waals surface area (Å²) in [4.78, 5) is 30.1. The lowest BCUT2D eigenvalue weighted by molar-refractivity contribution is -0.127. The van der Waals surface area contributed by atoms with E-state index in [0.717, 1.165) is 22.2 Å². The molecule has 1 unspecified atom stereocenters. The summed E-state index contributed by atoms with van der Waals surface area (Å²) < 4.78 is 7.23. The van der Waals surface area contributed by atoms with Crippen LogP contribution in [0.15, 0.2) is 97.1 Å². The van der Waals surface area contributed by atoms with Crippen molar-refractivity contribution in [2.45, 2.75) is 39.9 Å². The van der Waals surface area contributed by atoms with Gasteiger partial charge in [-0.15, -0.1) is 5.10 Å². The standard InChI is InChI=1S/C33H33N5O3/c1-4-41-27-19-17-26(18-20-27)32(33(40)34-21-25-13-6-5-7-14-25)38(31-23(2)11-10-12-24(31)3)30(39)22-37-29-16-9-8-15-28(29)35-36-37/h5-20,32H,4,21-22H2,1-3H3,(H,34,40). The molecule has 0 saturated heterocycles. The van der Waals surface area contributed by atoms with Crippen LogP contribution in [0.3, 0.4) is 0 Å². The van der Waals surface area contributed by atoms with Gasteiger partial charge in [-0.3, -0.25) is 14.5 Å². The number of carbonyl (C=O) groups is 2. The second-order valence-corrected chi connectivity index (χ2v) is 9.85. The second kappa shape index (κ2) is 12.5. The van der Waals surface area contributed by atoms with Gasteiger partial charge in [-0.25, -0.2) is 4.68 Å². The molecule has 0 fully saturated rings.